The topological polar surface area (TPSA) is 128 Å². The highest BCUT2D eigenvalue weighted by Crippen LogP contribution is 2.33. The summed E-state index contributed by atoms with van der Waals surface area (Å²) in [6.07, 6.45) is 5.54. The van der Waals surface area contributed by atoms with E-state index in [1.165, 1.54) is 5.56 Å². The van der Waals surface area contributed by atoms with Gasteiger partial charge in [0.25, 0.3) is 5.91 Å². The van der Waals surface area contributed by atoms with Gasteiger partial charge in [-0.2, -0.15) is 0 Å². The number of likely N-dealkylation sites (tertiary alicyclic amines) is 1. The lowest BCUT2D eigenvalue weighted by atomic mass is 9.88. The first-order valence-electron chi connectivity index (χ1n) is 14.1. The minimum Gasteiger partial charge on any atom is -0.386 e. The molecule has 1 aromatic carbocycles. The van der Waals surface area contributed by atoms with Crippen LogP contribution in [0.1, 0.15) is 72.3 Å². The Morgan fingerprint density at radius 2 is 1.82 bits per heavy atom. The molecule has 0 saturated carbocycles. The summed E-state index contributed by atoms with van der Waals surface area (Å²) in [5, 5.41) is 5.54. The molecule has 5 rings (SSSR count). The molecular weight excluding hydrogens is 516 g/mol. The zero-order valence-electron chi connectivity index (χ0n) is 22.5. The van der Waals surface area contributed by atoms with Crippen molar-refractivity contribution in [2.45, 2.75) is 69.5 Å². The van der Waals surface area contributed by atoms with Gasteiger partial charge in [0.15, 0.2) is 0 Å². The first-order valence-corrected chi connectivity index (χ1v) is 15.4. The zero-order valence-corrected chi connectivity index (χ0v) is 23.3. The Bertz CT molecular complexity index is 1140. The lowest BCUT2D eigenvalue weighted by Crippen LogP contribution is -2.52. The van der Waals surface area contributed by atoms with Gasteiger partial charge in [0, 0.05) is 43.4 Å². The van der Waals surface area contributed by atoms with Crippen molar-refractivity contribution in [2.75, 3.05) is 38.5 Å². The molecular formula is C28H40N6O4S. The largest absolute Gasteiger partial charge is 0.386 e. The fraction of sp³-hybridized carbons (Fsp3) is 0.607. The maximum absolute atomic E-state index is 13.0. The summed E-state index contributed by atoms with van der Waals surface area (Å²) in [5.41, 5.74) is 8.53. The monoisotopic (exact) mass is 556 g/mol. The summed E-state index contributed by atoms with van der Waals surface area (Å²) in [5.74, 6) is 0.872. The zero-order chi connectivity index (χ0) is 27.5. The summed E-state index contributed by atoms with van der Waals surface area (Å²) < 4.78 is 14.9. The van der Waals surface area contributed by atoms with Crippen molar-refractivity contribution in [3.05, 3.63) is 47.3 Å². The van der Waals surface area contributed by atoms with Crippen LogP contribution in [0, 0.1) is 0 Å². The first-order chi connectivity index (χ1) is 18.8. The number of nitrogens with zero attached hydrogens (tertiary/aromatic N) is 3. The Morgan fingerprint density at radius 1 is 1.08 bits per heavy atom. The lowest BCUT2D eigenvalue weighted by Gasteiger charge is -2.33. The number of hydrogen-bond donors (Lipinski definition) is 3. The highest BCUT2D eigenvalue weighted by Gasteiger charge is 2.39. The van der Waals surface area contributed by atoms with Crippen molar-refractivity contribution in [2.24, 2.45) is 5.73 Å². The van der Waals surface area contributed by atoms with Crippen LogP contribution in [0.25, 0.3) is 0 Å². The van der Waals surface area contributed by atoms with E-state index >= 15 is 0 Å². The van der Waals surface area contributed by atoms with Crippen molar-refractivity contribution in [1.82, 2.24) is 24.7 Å². The smallest absolute Gasteiger partial charge is 0.255 e. The van der Waals surface area contributed by atoms with Crippen molar-refractivity contribution >= 4 is 28.7 Å². The molecule has 11 heteroatoms. The minimum absolute atomic E-state index is 0.124. The molecule has 3 amide bonds. The van der Waals surface area contributed by atoms with Gasteiger partial charge in [-0.3, -0.25) is 19.7 Å². The number of hydrogen-bond acceptors (Lipinski definition) is 7. The van der Waals surface area contributed by atoms with Gasteiger partial charge in [0.2, 0.25) is 11.8 Å². The molecule has 2 unspecified atom stereocenters. The number of imide groups is 1. The quantitative estimate of drug-likeness (QED) is 0.390. The highest BCUT2D eigenvalue weighted by atomic mass is 32.2. The van der Waals surface area contributed by atoms with E-state index in [4.69, 9.17) is 5.73 Å². The Morgan fingerprint density at radius 3 is 2.51 bits per heavy atom. The SMILES string of the molecule is C=C(N)NC1CCN(S(=O)CCCN2CCC(c3ccc4c(c3)CN(C3CCC(=O)NC3=O)C4=O)CC2)CC1. The minimum atomic E-state index is -0.935. The van der Waals surface area contributed by atoms with E-state index in [0.29, 0.717) is 42.1 Å². The Balaban J connectivity index is 1.05. The number of carbonyl (C=O) groups is 3. The van der Waals surface area contributed by atoms with Gasteiger partial charge in [0.1, 0.15) is 6.04 Å². The van der Waals surface area contributed by atoms with E-state index < -0.39 is 17.0 Å². The Kier molecular flexibility index (Phi) is 8.68. The van der Waals surface area contributed by atoms with E-state index in [2.05, 4.69) is 38.6 Å². The van der Waals surface area contributed by atoms with Crippen molar-refractivity contribution < 1.29 is 18.6 Å². The van der Waals surface area contributed by atoms with Crippen LogP contribution in [-0.2, 0) is 27.1 Å². The second-order valence-corrected chi connectivity index (χ2v) is 12.8. The van der Waals surface area contributed by atoms with Gasteiger partial charge in [-0.1, -0.05) is 18.7 Å². The number of carbonyl (C=O) groups excluding carboxylic acids is 3. The van der Waals surface area contributed by atoms with Crippen LogP contribution < -0.4 is 16.4 Å². The molecule has 4 aliphatic rings. The summed E-state index contributed by atoms with van der Waals surface area (Å²) in [6, 6.07) is 5.86. The molecule has 10 nitrogen and oxygen atoms in total. The average molecular weight is 557 g/mol. The van der Waals surface area contributed by atoms with Crippen LogP contribution in [0.4, 0.5) is 0 Å². The lowest BCUT2D eigenvalue weighted by molar-refractivity contribution is -0.136. The van der Waals surface area contributed by atoms with Gasteiger partial charge in [-0.05, 0) is 81.3 Å². The van der Waals surface area contributed by atoms with E-state index in [-0.39, 0.29) is 24.1 Å². The van der Waals surface area contributed by atoms with Gasteiger partial charge in [-0.25, -0.2) is 8.51 Å². The van der Waals surface area contributed by atoms with Crippen molar-refractivity contribution in [3.63, 3.8) is 0 Å². The van der Waals surface area contributed by atoms with E-state index in [1.54, 1.807) is 4.90 Å². The number of rotatable bonds is 9. The second-order valence-electron chi connectivity index (χ2n) is 11.2. The molecule has 1 aromatic rings. The van der Waals surface area contributed by atoms with Gasteiger partial charge in [-0.15, -0.1) is 0 Å². The molecule has 0 radical (unpaired) electrons. The Labute approximate surface area is 232 Å². The second kappa shape index (κ2) is 12.2. The maximum atomic E-state index is 13.0. The maximum Gasteiger partial charge on any atom is 0.255 e. The molecule has 39 heavy (non-hydrogen) atoms. The molecule has 0 aliphatic carbocycles. The number of fused-ring (bicyclic) bond motifs is 1. The third-order valence-electron chi connectivity index (χ3n) is 8.53. The molecule has 0 spiro atoms. The summed E-state index contributed by atoms with van der Waals surface area (Å²) in [4.78, 5) is 40.9. The highest BCUT2D eigenvalue weighted by molar-refractivity contribution is 7.82. The fourth-order valence-electron chi connectivity index (χ4n) is 6.34. The number of nitrogens with two attached hydrogens (primary N) is 1. The summed E-state index contributed by atoms with van der Waals surface area (Å²) in [7, 11) is -0.935. The number of amides is 3. The van der Waals surface area contributed by atoms with Gasteiger partial charge < -0.3 is 20.9 Å². The van der Waals surface area contributed by atoms with Gasteiger partial charge in [0.05, 0.1) is 16.8 Å². The van der Waals surface area contributed by atoms with E-state index in [0.717, 1.165) is 70.4 Å². The van der Waals surface area contributed by atoms with E-state index in [9.17, 15) is 18.6 Å². The number of benzene rings is 1. The van der Waals surface area contributed by atoms with Crippen LogP contribution in [0.2, 0.25) is 0 Å². The fourth-order valence-corrected chi connectivity index (χ4v) is 7.60. The Hall–Kier alpha value is -2.76. The normalized spacial score (nSPS) is 24.5. The molecule has 3 saturated heterocycles. The third-order valence-corrected chi connectivity index (χ3v) is 10.1. The van der Waals surface area contributed by atoms with Crippen LogP contribution in [0.3, 0.4) is 0 Å². The third kappa shape index (κ3) is 6.53. The van der Waals surface area contributed by atoms with Crippen LogP contribution in [-0.4, -0.2) is 86.6 Å². The molecule has 0 bridgehead atoms. The van der Waals surface area contributed by atoms with Gasteiger partial charge >= 0.3 is 0 Å². The van der Waals surface area contributed by atoms with Crippen molar-refractivity contribution in [3.8, 4) is 0 Å². The molecule has 0 aromatic heterocycles. The van der Waals surface area contributed by atoms with Crippen LogP contribution in [0.15, 0.2) is 30.6 Å². The number of nitrogens with one attached hydrogen (secondary N) is 2. The molecule has 4 heterocycles. The van der Waals surface area contributed by atoms with Crippen LogP contribution >= 0.6 is 0 Å². The molecule has 212 valence electrons. The molecule has 4 aliphatic heterocycles. The van der Waals surface area contributed by atoms with E-state index in [1.807, 2.05) is 6.07 Å². The number of piperidine rings is 3. The summed E-state index contributed by atoms with van der Waals surface area (Å²) in [6.45, 7) is 8.74. The molecule has 2 atom stereocenters. The van der Waals surface area contributed by atoms with Crippen LogP contribution in [0.5, 0.6) is 0 Å². The summed E-state index contributed by atoms with van der Waals surface area (Å²) >= 11 is 0. The molecule has 3 fully saturated rings. The standard InChI is InChI=1S/C28H40N6O4S/c1-19(29)30-23-9-14-33(15-10-23)39(38)16-2-11-32-12-7-20(8-13-32)21-3-4-24-22(17-21)18-34(28(24)37)25-5-6-26(35)31-27(25)36/h3-4,17,20,23,25,30H,1-2,5-16,18,29H2,(H,31,35,36). The average Bonchev–Trinajstić information content (AvgIpc) is 3.24. The molecule has 4 N–H and O–H groups in total. The first kappa shape index (κ1) is 27.8. The van der Waals surface area contributed by atoms with Crippen molar-refractivity contribution in [1.29, 1.82) is 0 Å². The predicted molar refractivity (Wildman–Crippen MR) is 150 cm³/mol. The predicted octanol–water partition coefficient (Wildman–Crippen LogP) is 1.16.